The standard InChI is InChI=1S/C12H18O7/c1-2-16-5-6-17-7-8-18-9-10-19-12(15)4-3-11(13)14/h2-4H,1,5-10H2,(H,13,14)/b4-3-. The number of aliphatic carboxylic acids is 1. The Morgan fingerprint density at radius 1 is 0.947 bits per heavy atom. The number of carboxylic acid groups (broad SMARTS) is 1. The molecule has 0 aromatic rings. The third-order valence-corrected chi connectivity index (χ3v) is 1.67. The van der Waals surface area contributed by atoms with E-state index in [2.05, 4.69) is 11.3 Å². The topological polar surface area (TPSA) is 91.3 Å². The fourth-order valence-electron chi connectivity index (χ4n) is 0.901. The molecule has 0 fully saturated rings. The maximum Gasteiger partial charge on any atom is 0.331 e. The van der Waals surface area contributed by atoms with Crippen molar-refractivity contribution in [1.82, 2.24) is 0 Å². The van der Waals surface area contributed by atoms with Crippen molar-refractivity contribution >= 4 is 11.9 Å². The second-order valence-electron chi connectivity index (χ2n) is 3.10. The van der Waals surface area contributed by atoms with E-state index in [4.69, 9.17) is 19.3 Å². The maximum absolute atomic E-state index is 10.9. The van der Waals surface area contributed by atoms with Crippen molar-refractivity contribution in [3.05, 3.63) is 25.0 Å². The molecule has 0 atom stereocenters. The SMILES string of the molecule is C=COCCOCCOCCOC(=O)/C=C\C(=O)O. The van der Waals surface area contributed by atoms with Gasteiger partial charge in [-0.1, -0.05) is 6.58 Å². The van der Waals surface area contributed by atoms with Crippen molar-refractivity contribution in [3.8, 4) is 0 Å². The van der Waals surface area contributed by atoms with Gasteiger partial charge in [0.1, 0.15) is 13.2 Å². The Morgan fingerprint density at radius 3 is 2.11 bits per heavy atom. The average Bonchev–Trinajstić information content (AvgIpc) is 2.38. The van der Waals surface area contributed by atoms with Crippen LogP contribution in [0.4, 0.5) is 0 Å². The van der Waals surface area contributed by atoms with Gasteiger partial charge in [0, 0.05) is 12.2 Å². The number of rotatable bonds is 12. The van der Waals surface area contributed by atoms with Gasteiger partial charge < -0.3 is 24.1 Å². The molecule has 0 unspecified atom stereocenters. The molecule has 0 saturated heterocycles. The zero-order chi connectivity index (χ0) is 14.3. The highest BCUT2D eigenvalue weighted by Gasteiger charge is 1.98. The first-order valence-corrected chi connectivity index (χ1v) is 5.62. The molecule has 0 radical (unpaired) electrons. The Morgan fingerprint density at radius 2 is 1.53 bits per heavy atom. The van der Waals surface area contributed by atoms with Crippen LogP contribution in [0.15, 0.2) is 25.0 Å². The van der Waals surface area contributed by atoms with Crippen molar-refractivity contribution in [3.63, 3.8) is 0 Å². The Labute approximate surface area is 111 Å². The van der Waals surface area contributed by atoms with Crippen LogP contribution < -0.4 is 0 Å². The second kappa shape index (κ2) is 12.6. The van der Waals surface area contributed by atoms with Gasteiger partial charge in [-0.25, -0.2) is 9.59 Å². The van der Waals surface area contributed by atoms with Gasteiger partial charge in [-0.05, 0) is 0 Å². The smallest absolute Gasteiger partial charge is 0.331 e. The first-order valence-electron chi connectivity index (χ1n) is 5.62. The van der Waals surface area contributed by atoms with Crippen molar-refractivity contribution in [2.75, 3.05) is 39.6 Å². The number of ether oxygens (including phenoxy) is 4. The van der Waals surface area contributed by atoms with Crippen molar-refractivity contribution in [2.45, 2.75) is 0 Å². The summed E-state index contributed by atoms with van der Waals surface area (Å²) in [6.45, 7) is 5.34. The summed E-state index contributed by atoms with van der Waals surface area (Å²) in [5, 5.41) is 8.26. The van der Waals surface area contributed by atoms with Gasteiger partial charge in [0.25, 0.3) is 0 Å². The minimum absolute atomic E-state index is 0.0579. The fraction of sp³-hybridized carbons (Fsp3) is 0.500. The van der Waals surface area contributed by atoms with E-state index in [0.29, 0.717) is 32.5 Å². The van der Waals surface area contributed by atoms with Gasteiger partial charge in [0.2, 0.25) is 0 Å². The molecule has 19 heavy (non-hydrogen) atoms. The fourth-order valence-corrected chi connectivity index (χ4v) is 0.901. The summed E-state index contributed by atoms with van der Waals surface area (Å²) in [5.74, 6) is -1.92. The van der Waals surface area contributed by atoms with Crippen LogP contribution in [0.2, 0.25) is 0 Å². The van der Waals surface area contributed by atoms with Crippen LogP contribution in [0.3, 0.4) is 0 Å². The van der Waals surface area contributed by atoms with E-state index in [9.17, 15) is 9.59 Å². The quantitative estimate of drug-likeness (QED) is 0.238. The van der Waals surface area contributed by atoms with E-state index in [1.54, 1.807) is 0 Å². The lowest BCUT2D eigenvalue weighted by atomic mass is 10.5. The average molecular weight is 274 g/mol. The number of hydrogen-bond donors (Lipinski definition) is 1. The molecule has 0 amide bonds. The molecule has 0 spiro atoms. The van der Waals surface area contributed by atoms with Crippen LogP contribution in [0, 0.1) is 0 Å². The molecule has 0 saturated carbocycles. The number of carbonyl (C=O) groups is 2. The molecule has 0 aromatic heterocycles. The summed E-state index contributed by atoms with van der Waals surface area (Å²) in [4.78, 5) is 21.0. The number of esters is 1. The van der Waals surface area contributed by atoms with E-state index < -0.39 is 11.9 Å². The molecule has 0 bridgehead atoms. The number of carbonyl (C=O) groups excluding carboxylic acids is 1. The predicted octanol–water partition coefficient (Wildman–Crippen LogP) is 0.364. The monoisotopic (exact) mass is 274 g/mol. The molecule has 0 rings (SSSR count). The Balaban J connectivity index is 3.24. The summed E-state index contributed by atoms with van der Waals surface area (Å²) in [6, 6.07) is 0. The van der Waals surface area contributed by atoms with Crippen LogP contribution in [-0.2, 0) is 28.5 Å². The van der Waals surface area contributed by atoms with E-state index in [1.807, 2.05) is 0 Å². The van der Waals surface area contributed by atoms with Crippen LogP contribution >= 0.6 is 0 Å². The maximum atomic E-state index is 10.9. The molecule has 0 heterocycles. The van der Waals surface area contributed by atoms with E-state index >= 15 is 0 Å². The van der Waals surface area contributed by atoms with Gasteiger partial charge in [-0.15, -0.1) is 0 Å². The Kier molecular flexibility index (Phi) is 11.4. The van der Waals surface area contributed by atoms with Gasteiger partial charge in [-0.3, -0.25) is 0 Å². The molecule has 0 aliphatic carbocycles. The number of carboxylic acids is 1. The van der Waals surface area contributed by atoms with Gasteiger partial charge in [0.15, 0.2) is 0 Å². The minimum atomic E-state index is -1.20. The molecule has 108 valence electrons. The highest BCUT2D eigenvalue weighted by molar-refractivity contribution is 5.90. The molecule has 0 aromatic carbocycles. The lowest BCUT2D eigenvalue weighted by molar-refractivity contribution is -0.140. The third kappa shape index (κ3) is 14.1. The van der Waals surface area contributed by atoms with E-state index in [1.165, 1.54) is 6.26 Å². The van der Waals surface area contributed by atoms with Crippen LogP contribution in [0.1, 0.15) is 0 Å². The summed E-state index contributed by atoms with van der Waals surface area (Å²) in [6.07, 6.45) is 2.89. The molecular formula is C12H18O7. The lowest BCUT2D eigenvalue weighted by Gasteiger charge is -2.05. The zero-order valence-corrected chi connectivity index (χ0v) is 10.6. The molecular weight excluding hydrogens is 256 g/mol. The molecule has 0 aliphatic heterocycles. The van der Waals surface area contributed by atoms with E-state index in [0.717, 1.165) is 6.08 Å². The van der Waals surface area contributed by atoms with Crippen LogP contribution in [-0.4, -0.2) is 56.7 Å². The van der Waals surface area contributed by atoms with Gasteiger partial charge >= 0.3 is 11.9 Å². The molecule has 7 heteroatoms. The highest BCUT2D eigenvalue weighted by atomic mass is 16.6. The van der Waals surface area contributed by atoms with Crippen LogP contribution in [0.25, 0.3) is 0 Å². The predicted molar refractivity (Wildman–Crippen MR) is 65.5 cm³/mol. The minimum Gasteiger partial charge on any atom is -0.499 e. The number of hydrogen-bond acceptors (Lipinski definition) is 6. The summed E-state index contributed by atoms with van der Waals surface area (Å²) < 4.78 is 19.8. The Hall–Kier alpha value is -1.86. The highest BCUT2D eigenvalue weighted by Crippen LogP contribution is 1.85. The van der Waals surface area contributed by atoms with Crippen molar-refractivity contribution < 1.29 is 33.6 Å². The lowest BCUT2D eigenvalue weighted by Crippen LogP contribution is -2.12. The first-order chi connectivity index (χ1) is 9.16. The third-order valence-electron chi connectivity index (χ3n) is 1.67. The first kappa shape index (κ1) is 17.1. The van der Waals surface area contributed by atoms with Crippen molar-refractivity contribution in [1.29, 1.82) is 0 Å². The summed E-state index contributed by atoms with van der Waals surface area (Å²) in [7, 11) is 0. The molecule has 0 aliphatic rings. The van der Waals surface area contributed by atoms with E-state index in [-0.39, 0.29) is 13.2 Å². The second-order valence-corrected chi connectivity index (χ2v) is 3.10. The summed E-state index contributed by atoms with van der Waals surface area (Å²) >= 11 is 0. The van der Waals surface area contributed by atoms with Crippen LogP contribution in [0.5, 0.6) is 0 Å². The molecule has 1 N–H and O–H groups in total. The van der Waals surface area contributed by atoms with Gasteiger partial charge in [-0.2, -0.15) is 0 Å². The van der Waals surface area contributed by atoms with Crippen molar-refractivity contribution in [2.24, 2.45) is 0 Å². The largest absolute Gasteiger partial charge is 0.499 e. The Bertz CT molecular complexity index is 298. The summed E-state index contributed by atoms with van der Waals surface area (Å²) in [5.41, 5.74) is 0. The van der Waals surface area contributed by atoms with Gasteiger partial charge in [0.05, 0.1) is 32.7 Å². The normalized spacial score (nSPS) is 10.3. The molecule has 7 nitrogen and oxygen atoms in total. The zero-order valence-electron chi connectivity index (χ0n) is 10.6.